The van der Waals surface area contributed by atoms with Gasteiger partial charge >= 0.3 is 0 Å². The summed E-state index contributed by atoms with van der Waals surface area (Å²) in [5, 5.41) is 5.07. The van der Waals surface area contributed by atoms with E-state index < -0.39 is 15.9 Å². The summed E-state index contributed by atoms with van der Waals surface area (Å²) in [6, 6.07) is 8.13. The lowest BCUT2D eigenvalue weighted by Gasteiger charge is -2.28. The standard InChI is InChI=1S/C19H18N4O3S2/c1-2-13-5-7-14(8-6-13)16-12-27-19(20-16)21-18(24)15-4-3-9-23-10-11-28(25,26)22-17(15)23/h3-9,12H,2,10-11H2,1H3,(H,20,21,24). The van der Waals surface area contributed by atoms with E-state index in [4.69, 9.17) is 0 Å². The maximum absolute atomic E-state index is 12.7. The van der Waals surface area contributed by atoms with Gasteiger partial charge in [-0.05, 0) is 24.1 Å². The molecule has 28 heavy (non-hydrogen) atoms. The Hall–Kier alpha value is -2.78. The van der Waals surface area contributed by atoms with Gasteiger partial charge in [-0.25, -0.2) is 13.4 Å². The zero-order chi connectivity index (χ0) is 19.7. The van der Waals surface area contributed by atoms with Crippen molar-refractivity contribution >= 4 is 38.2 Å². The van der Waals surface area contributed by atoms with Crippen LogP contribution in [0.5, 0.6) is 0 Å². The molecular formula is C19H18N4O3S2. The van der Waals surface area contributed by atoms with Crippen LogP contribution in [-0.2, 0) is 21.2 Å². The van der Waals surface area contributed by atoms with Gasteiger partial charge in [0.15, 0.2) is 11.0 Å². The van der Waals surface area contributed by atoms with E-state index in [2.05, 4.69) is 33.8 Å². The van der Waals surface area contributed by atoms with E-state index >= 15 is 0 Å². The zero-order valence-corrected chi connectivity index (χ0v) is 16.8. The van der Waals surface area contributed by atoms with Crippen LogP contribution < -0.4 is 5.32 Å². The smallest absolute Gasteiger partial charge is 0.261 e. The second-order valence-corrected chi connectivity index (χ2v) is 8.97. The molecule has 7 nitrogen and oxygen atoms in total. The van der Waals surface area contributed by atoms with Gasteiger partial charge in [-0.2, -0.15) is 0 Å². The Morgan fingerprint density at radius 1 is 1.29 bits per heavy atom. The van der Waals surface area contributed by atoms with Crippen molar-refractivity contribution in [1.82, 2.24) is 9.88 Å². The number of aromatic nitrogens is 1. The summed E-state index contributed by atoms with van der Waals surface area (Å²) in [6.45, 7) is 2.38. The van der Waals surface area contributed by atoms with Crippen molar-refractivity contribution in [3.05, 3.63) is 59.1 Å². The normalized spacial score (nSPS) is 17.5. The molecule has 0 saturated heterocycles. The molecule has 1 N–H and O–H groups in total. The summed E-state index contributed by atoms with van der Waals surface area (Å²) in [7, 11) is -3.55. The van der Waals surface area contributed by atoms with E-state index in [-0.39, 0.29) is 23.7 Å². The van der Waals surface area contributed by atoms with Crippen LogP contribution in [0.25, 0.3) is 11.3 Å². The van der Waals surface area contributed by atoms with E-state index in [1.54, 1.807) is 23.3 Å². The third kappa shape index (κ3) is 3.76. The maximum atomic E-state index is 12.7. The number of allylic oxidation sites excluding steroid dienone is 2. The molecule has 9 heteroatoms. The molecule has 0 atom stereocenters. The summed E-state index contributed by atoms with van der Waals surface area (Å²) in [4.78, 5) is 18.9. The number of nitrogens with zero attached hydrogens (tertiary/aromatic N) is 3. The summed E-state index contributed by atoms with van der Waals surface area (Å²) in [5.74, 6) is -0.354. The molecule has 2 aliphatic heterocycles. The van der Waals surface area contributed by atoms with Crippen LogP contribution in [0.15, 0.2) is 58.0 Å². The number of hydrogen-bond donors (Lipinski definition) is 1. The Morgan fingerprint density at radius 3 is 2.82 bits per heavy atom. The van der Waals surface area contributed by atoms with Crippen molar-refractivity contribution in [1.29, 1.82) is 0 Å². The number of amides is 1. The first-order chi connectivity index (χ1) is 13.4. The first-order valence-corrected chi connectivity index (χ1v) is 11.3. The lowest BCUT2D eigenvalue weighted by atomic mass is 10.1. The van der Waals surface area contributed by atoms with Gasteiger partial charge in [0.25, 0.3) is 15.9 Å². The fourth-order valence-corrected chi connectivity index (χ4v) is 4.63. The first-order valence-electron chi connectivity index (χ1n) is 8.79. The largest absolute Gasteiger partial charge is 0.331 e. The number of sulfonamides is 1. The van der Waals surface area contributed by atoms with Crippen LogP contribution in [0.4, 0.5) is 5.13 Å². The van der Waals surface area contributed by atoms with Crippen molar-refractivity contribution in [2.24, 2.45) is 4.40 Å². The number of carbonyl (C=O) groups excluding carboxylic acids is 1. The van der Waals surface area contributed by atoms with Gasteiger partial charge in [0.1, 0.15) is 0 Å². The SMILES string of the molecule is CCc1ccc(-c2csc(NC(=O)C3=CC=CN4CCS(=O)(=O)N=C34)n2)cc1. The van der Waals surface area contributed by atoms with E-state index in [1.807, 2.05) is 17.5 Å². The highest BCUT2D eigenvalue weighted by Gasteiger charge is 2.30. The molecule has 4 rings (SSSR count). The number of aryl methyl sites for hydroxylation is 1. The van der Waals surface area contributed by atoms with Crippen LogP contribution in [0.2, 0.25) is 0 Å². The van der Waals surface area contributed by atoms with Gasteiger partial charge in [0.2, 0.25) is 0 Å². The van der Waals surface area contributed by atoms with Crippen molar-refractivity contribution < 1.29 is 13.2 Å². The Bertz CT molecular complexity index is 1110. The fraction of sp³-hybridized carbons (Fsp3) is 0.211. The zero-order valence-electron chi connectivity index (χ0n) is 15.1. The second-order valence-electron chi connectivity index (χ2n) is 6.36. The number of fused-ring (bicyclic) bond motifs is 1. The molecule has 0 radical (unpaired) electrons. The maximum Gasteiger partial charge on any atom is 0.261 e. The molecule has 1 amide bonds. The molecule has 144 valence electrons. The van der Waals surface area contributed by atoms with E-state index in [0.717, 1.165) is 17.7 Å². The van der Waals surface area contributed by atoms with E-state index in [9.17, 15) is 13.2 Å². The minimum Gasteiger partial charge on any atom is -0.331 e. The molecule has 1 aromatic heterocycles. The molecule has 2 aromatic rings. The lowest BCUT2D eigenvalue weighted by molar-refractivity contribution is -0.112. The number of anilines is 1. The molecule has 0 unspecified atom stereocenters. The average Bonchev–Trinajstić information content (AvgIpc) is 3.15. The van der Waals surface area contributed by atoms with Gasteiger partial charge in [-0.1, -0.05) is 31.2 Å². The van der Waals surface area contributed by atoms with Crippen molar-refractivity contribution in [2.45, 2.75) is 13.3 Å². The number of hydrogen-bond acceptors (Lipinski definition) is 6. The van der Waals surface area contributed by atoms with E-state index in [0.29, 0.717) is 5.13 Å². The quantitative estimate of drug-likeness (QED) is 0.831. The van der Waals surface area contributed by atoms with Crippen molar-refractivity contribution in [3.63, 3.8) is 0 Å². The van der Waals surface area contributed by atoms with Gasteiger partial charge in [-0.3, -0.25) is 10.1 Å². The highest BCUT2D eigenvalue weighted by Crippen LogP contribution is 2.26. The van der Waals surface area contributed by atoms with Crippen molar-refractivity contribution in [2.75, 3.05) is 17.6 Å². The summed E-state index contributed by atoms with van der Waals surface area (Å²) in [5.41, 5.74) is 3.20. The summed E-state index contributed by atoms with van der Waals surface area (Å²) >= 11 is 1.32. The van der Waals surface area contributed by atoms with Gasteiger partial charge in [0, 0.05) is 23.7 Å². The minimum atomic E-state index is -3.55. The molecule has 0 saturated carbocycles. The molecule has 0 aliphatic carbocycles. The molecule has 2 aliphatic rings. The average molecular weight is 415 g/mol. The fourth-order valence-electron chi connectivity index (χ4n) is 2.93. The highest BCUT2D eigenvalue weighted by atomic mass is 32.2. The van der Waals surface area contributed by atoms with Crippen LogP contribution >= 0.6 is 11.3 Å². The van der Waals surface area contributed by atoms with Gasteiger partial charge in [-0.15, -0.1) is 15.7 Å². The van der Waals surface area contributed by atoms with Crippen LogP contribution in [0, 0.1) is 0 Å². The van der Waals surface area contributed by atoms with Gasteiger partial charge < -0.3 is 4.90 Å². The Balaban J connectivity index is 1.54. The number of thiazole rings is 1. The monoisotopic (exact) mass is 414 g/mol. The van der Waals surface area contributed by atoms with Gasteiger partial charge in [0.05, 0.1) is 17.0 Å². The highest BCUT2D eigenvalue weighted by molar-refractivity contribution is 7.90. The number of carbonyl (C=O) groups is 1. The summed E-state index contributed by atoms with van der Waals surface area (Å²) < 4.78 is 27.4. The topological polar surface area (TPSA) is 91.7 Å². The molecule has 1 aromatic carbocycles. The van der Waals surface area contributed by atoms with Crippen LogP contribution in [0.3, 0.4) is 0 Å². The predicted molar refractivity (Wildman–Crippen MR) is 111 cm³/mol. The molecular weight excluding hydrogens is 396 g/mol. The molecule has 0 bridgehead atoms. The third-order valence-corrected chi connectivity index (χ3v) is 6.39. The lowest BCUT2D eigenvalue weighted by Crippen LogP contribution is -2.40. The Kier molecular flexibility index (Phi) is 4.86. The number of nitrogens with one attached hydrogen (secondary N) is 1. The number of rotatable bonds is 4. The Labute approximate surface area is 167 Å². The third-order valence-electron chi connectivity index (χ3n) is 4.48. The minimum absolute atomic E-state index is 0.0671. The second kappa shape index (κ2) is 7.33. The molecule has 3 heterocycles. The number of amidine groups is 1. The molecule has 0 fully saturated rings. The van der Waals surface area contributed by atoms with Crippen LogP contribution in [-0.4, -0.2) is 42.3 Å². The van der Waals surface area contributed by atoms with E-state index in [1.165, 1.54) is 16.9 Å². The van der Waals surface area contributed by atoms with Crippen LogP contribution in [0.1, 0.15) is 12.5 Å². The predicted octanol–water partition coefficient (Wildman–Crippen LogP) is 2.81. The molecule has 0 spiro atoms. The first kappa shape index (κ1) is 18.6. The Morgan fingerprint density at radius 2 is 2.07 bits per heavy atom. The van der Waals surface area contributed by atoms with Crippen molar-refractivity contribution in [3.8, 4) is 11.3 Å². The number of benzene rings is 1. The summed E-state index contributed by atoms with van der Waals surface area (Å²) in [6.07, 6.45) is 5.95.